The molecule has 2 heterocycles. The van der Waals surface area contributed by atoms with Crippen LogP contribution in [-0.2, 0) is 17.9 Å². The highest BCUT2D eigenvalue weighted by atomic mass is 16.2. The van der Waals surface area contributed by atoms with E-state index in [-0.39, 0.29) is 11.9 Å². The summed E-state index contributed by atoms with van der Waals surface area (Å²) < 4.78 is 2.14. The minimum atomic E-state index is -0.0255. The highest BCUT2D eigenvalue weighted by molar-refractivity contribution is 5.81. The van der Waals surface area contributed by atoms with Gasteiger partial charge in [0.25, 0.3) is 0 Å². The van der Waals surface area contributed by atoms with Gasteiger partial charge in [-0.15, -0.1) is 0 Å². The third-order valence-corrected chi connectivity index (χ3v) is 3.26. The minimum absolute atomic E-state index is 0.0255. The van der Waals surface area contributed by atoms with E-state index < -0.39 is 0 Å². The van der Waals surface area contributed by atoms with Crippen LogP contribution in [0.3, 0.4) is 0 Å². The monoisotopic (exact) mass is 235 g/mol. The molecular weight excluding hydrogens is 214 g/mol. The first-order chi connectivity index (χ1) is 8.29. The largest absolute Gasteiger partial charge is 0.355 e. The summed E-state index contributed by atoms with van der Waals surface area (Å²) in [5, 5.41) is 6.28. The standard InChI is InChI=1S/C13H21N3O/c1-2-16-8-6-11(10-16)9-15-12-5-3-4-7-14-13(12)17/h6,8,10,12,15H,2-5,7,9H2,1H3,(H,14,17). The molecule has 0 aromatic carbocycles. The third kappa shape index (κ3) is 3.33. The van der Waals surface area contributed by atoms with Crippen molar-refractivity contribution in [3.8, 4) is 0 Å². The first-order valence-electron chi connectivity index (χ1n) is 6.45. The number of carbonyl (C=O) groups is 1. The fraction of sp³-hybridized carbons (Fsp3) is 0.615. The normalized spacial score (nSPS) is 21.0. The Balaban J connectivity index is 1.85. The smallest absolute Gasteiger partial charge is 0.237 e. The summed E-state index contributed by atoms with van der Waals surface area (Å²) in [5.41, 5.74) is 1.24. The second-order valence-corrected chi connectivity index (χ2v) is 4.57. The summed E-state index contributed by atoms with van der Waals surface area (Å²) in [6.07, 6.45) is 7.36. The van der Waals surface area contributed by atoms with Crippen molar-refractivity contribution >= 4 is 5.91 Å². The Labute approximate surface area is 102 Å². The lowest BCUT2D eigenvalue weighted by Crippen LogP contribution is -2.42. The number of hydrogen-bond donors (Lipinski definition) is 2. The fourth-order valence-electron chi connectivity index (χ4n) is 2.17. The molecule has 1 unspecified atom stereocenters. The Kier molecular flexibility index (Phi) is 4.20. The van der Waals surface area contributed by atoms with Crippen molar-refractivity contribution in [1.29, 1.82) is 0 Å². The van der Waals surface area contributed by atoms with Gasteiger partial charge in [0, 0.05) is 32.0 Å². The topological polar surface area (TPSA) is 46.1 Å². The zero-order valence-electron chi connectivity index (χ0n) is 10.4. The van der Waals surface area contributed by atoms with Crippen molar-refractivity contribution in [3.05, 3.63) is 24.0 Å². The maximum absolute atomic E-state index is 11.7. The van der Waals surface area contributed by atoms with Crippen LogP contribution in [0.1, 0.15) is 31.7 Å². The van der Waals surface area contributed by atoms with Crippen LogP contribution in [0.5, 0.6) is 0 Å². The van der Waals surface area contributed by atoms with Crippen LogP contribution < -0.4 is 10.6 Å². The van der Waals surface area contributed by atoms with Crippen LogP contribution in [0.25, 0.3) is 0 Å². The highest BCUT2D eigenvalue weighted by Crippen LogP contribution is 2.07. The summed E-state index contributed by atoms with van der Waals surface area (Å²) in [6.45, 7) is 4.70. The number of aryl methyl sites for hydroxylation is 1. The Morgan fingerprint density at radius 2 is 2.41 bits per heavy atom. The van der Waals surface area contributed by atoms with Crippen LogP contribution in [0.2, 0.25) is 0 Å². The molecule has 1 fully saturated rings. The summed E-state index contributed by atoms with van der Waals surface area (Å²) in [4.78, 5) is 11.7. The van der Waals surface area contributed by atoms with Gasteiger partial charge in [-0.2, -0.15) is 0 Å². The predicted octanol–water partition coefficient (Wildman–Crippen LogP) is 1.27. The summed E-state index contributed by atoms with van der Waals surface area (Å²) in [6, 6.07) is 2.08. The van der Waals surface area contributed by atoms with Crippen LogP contribution in [0.15, 0.2) is 18.5 Å². The first-order valence-corrected chi connectivity index (χ1v) is 6.45. The molecule has 17 heavy (non-hydrogen) atoms. The Hall–Kier alpha value is -1.29. The van der Waals surface area contributed by atoms with E-state index in [1.54, 1.807) is 0 Å². The van der Waals surface area contributed by atoms with Gasteiger partial charge >= 0.3 is 0 Å². The van der Waals surface area contributed by atoms with Crippen molar-refractivity contribution in [2.45, 2.75) is 45.3 Å². The van der Waals surface area contributed by atoms with E-state index in [0.29, 0.717) is 0 Å². The third-order valence-electron chi connectivity index (χ3n) is 3.26. The van der Waals surface area contributed by atoms with Gasteiger partial charge < -0.3 is 15.2 Å². The van der Waals surface area contributed by atoms with Gasteiger partial charge in [0.05, 0.1) is 6.04 Å². The van der Waals surface area contributed by atoms with Crippen molar-refractivity contribution in [1.82, 2.24) is 15.2 Å². The number of nitrogens with one attached hydrogen (secondary N) is 2. The van der Waals surface area contributed by atoms with E-state index >= 15 is 0 Å². The number of amides is 1. The van der Waals surface area contributed by atoms with Gasteiger partial charge in [0.1, 0.15) is 0 Å². The van der Waals surface area contributed by atoms with Crippen LogP contribution >= 0.6 is 0 Å². The van der Waals surface area contributed by atoms with Gasteiger partial charge in [-0.3, -0.25) is 4.79 Å². The number of carbonyl (C=O) groups excluding carboxylic acids is 1. The number of nitrogens with zero attached hydrogens (tertiary/aromatic N) is 1. The van der Waals surface area contributed by atoms with E-state index in [9.17, 15) is 4.79 Å². The summed E-state index contributed by atoms with van der Waals surface area (Å²) in [5.74, 6) is 0.150. The molecule has 0 spiro atoms. The molecule has 1 aliphatic heterocycles. The van der Waals surface area contributed by atoms with Crippen molar-refractivity contribution in [3.63, 3.8) is 0 Å². The predicted molar refractivity (Wildman–Crippen MR) is 67.6 cm³/mol. The van der Waals surface area contributed by atoms with Crippen LogP contribution in [0, 0.1) is 0 Å². The van der Waals surface area contributed by atoms with Gasteiger partial charge in [-0.05, 0) is 37.8 Å². The average molecular weight is 235 g/mol. The molecule has 1 atom stereocenters. The molecule has 1 aliphatic rings. The number of aromatic nitrogens is 1. The van der Waals surface area contributed by atoms with Gasteiger partial charge in [-0.25, -0.2) is 0 Å². The van der Waals surface area contributed by atoms with Gasteiger partial charge in [0.15, 0.2) is 0 Å². The summed E-state index contributed by atoms with van der Waals surface area (Å²) >= 11 is 0. The van der Waals surface area contributed by atoms with Crippen molar-refractivity contribution < 1.29 is 4.79 Å². The molecular formula is C13H21N3O. The maximum atomic E-state index is 11.7. The average Bonchev–Trinajstić information content (AvgIpc) is 2.70. The molecule has 1 amide bonds. The van der Waals surface area contributed by atoms with E-state index in [0.717, 1.165) is 38.9 Å². The van der Waals surface area contributed by atoms with Crippen molar-refractivity contribution in [2.24, 2.45) is 0 Å². The second-order valence-electron chi connectivity index (χ2n) is 4.57. The molecule has 0 radical (unpaired) electrons. The van der Waals surface area contributed by atoms with Crippen molar-refractivity contribution in [2.75, 3.05) is 6.54 Å². The molecule has 4 heteroatoms. The molecule has 0 bridgehead atoms. The van der Waals surface area contributed by atoms with Crippen LogP contribution in [0.4, 0.5) is 0 Å². The number of hydrogen-bond acceptors (Lipinski definition) is 2. The minimum Gasteiger partial charge on any atom is -0.355 e. The van der Waals surface area contributed by atoms with Crippen LogP contribution in [-0.4, -0.2) is 23.1 Å². The molecule has 4 nitrogen and oxygen atoms in total. The zero-order valence-corrected chi connectivity index (χ0v) is 10.4. The van der Waals surface area contributed by atoms with E-state index in [4.69, 9.17) is 0 Å². The zero-order chi connectivity index (χ0) is 12.1. The van der Waals surface area contributed by atoms with Gasteiger partial charge in [0.2, 0.25) is 5.91 Å². The maximum Gasteiger partial charge on any atom is 0.237 e. The second kappa shape index (κ2) is 5.87. The molecule has 1 aromatic rings. The number of rotatable bonds is 4. The molecule has 1 aromatic heterocycles. The fourth-order valence-corrected chi connectivity index (χ4v) is 2.17. The lowest BCUT2D eigenvalue weighted by Gasteiger charge is -2.14. The summed E-state index contributed by atoms with van der Waals surface area (Å²) in [7, 11) is 0. The molecule has 2 N–H and O–H groups in total. The lowest BCUT2D eigenvalue weighted by atomic mass is 10.1. The lowest BCUT2D eigenvalue weighted by molar-refractivity contribution is -0.122. The van der Waals surface area contributed by atoms with E-state index in [1.807, 2.05) is 0 Å². The van der Waals surface area contributed by atoms with E-state index in [2.05, 4.69) is 40.6 Å². The SMILES string of the molecule is CCn1ccc(CNC2CCCCNC2=O)c1. The Morgan fingerprint density at radius 1 is 1.53 bits per heavy atom. The quantitative estimate of drug-likeness (QED) is 0.825. The molecule has 0 aliphatic carbocycles. The van der Waals surface area contributed by atoms with Gasteiger partial charge in [-0.1, -0.05) is 0 Å². The molecule has 2 rings (SSSR count). The molecule has 0 saturated carbocycles. The Morgan fingerprint density at radius 3 is 3.18 bits per heavy atom. The molecule has 1 saturated heterocycles. The van der Waals surface area contributed by atoms with E-state index in [1.165, 1.54) is 5.56 Å². The Bertz CT molecular complexity index is 372. The highest BCUT2D eigenvalue weighted by Gasteiger charge is 2.19. The molecule has 94 valence electrons. The first kappa shape index (κ1) is 12.2.